The second kappa shape index (κ2) is 9.84. The Kier molecular flexibility index (Phi) is 7.47. The number of hydrogen-bond donors (Lipinski definition) is 1. The summed E-state index contributed by atoms with van der Waals surface area (Å²) in [6, 6.07) is 13.5. The van der Waals surface area contributed by atoms with Gasteiger partial charge in [-0.2, -0.15) is 0 Å². The summed E-state index contributed by atoms with van der Waals surface area (Å²) >= 11 is 1.58. The van der Waals surface area contributed by atoms with E-state index in [0.29, 0.717) is 23.8 Å². The number of rotatable bonds is 9. The first-order valence-electron chi connectivity index (χ1n) is 7.84. The molecule has 0 bridgehead atoms. The number of carbonyl (C=O) groups is 1. The zero-order valence-corrected chi connectivity index (χ0v) is 15.5. The molecule has 0 aromatic heterocycles. The van der Waals surface area contributed by atoms with Crippen molar-refractivity contribution in [2.75, 3.05) is 27.1 Å². The zero-order valence-electron chi connectivity index (χ0n) is 14.7. The number of ether oxygens (including phenoxy) is 3. The van der Waals surface area contributed by atoms with E-state index in [-0.39, 0.29) is 5.91 Å². The van der Waals surface area contributed by atoms with Gasteiger partial charge in [-0.1, -0.05) is 18.2 Å². The van der Waals surface area contributed by atoms with Crippen molar-refractivity contribution in [2.45, 2.75) is 12.3 Å². The molecule has 0 radical (unpaired) electrons. The van der Waals surface area contributed by atoms with E-state index in [9.17, 15) is 4.79 Å². The molecule has 5 nitrogen and oxygen atoms in total. The largest absolute Gasteiger partial charge is 0.497 e. The van der Waals surface area contributed by atoms with Crippen LogP contribution in [0.3, 0.4) is 0 Å². The summed E-state index contributed by atoms with van der Waals surface area (Å²) in [6.07, 6.45) is 0. The van der Waals surface area contributed by atoms with Crippen LogP contribution >= 0.6 is 11.8 Å². The third kappa shape index (κ3) is 5.90. The van der Waals surface area contributed by atoms with Crippen LogP contribution < -0.4 is 19.5 Å². The van der Waals surface area contributed by atoms with Crippen LogP contribution in [-0.4, -0.2) is 33.0 Å². The Balaban J connectivity index is 1.75. The summed E-state index contributed by atoms with van der Waals surface area (Å²) < 4.78 is 15.6. The van der Waals surface area contributed by atoms with Gasteiger partial charge in [-0.05, 0) is 35.4 Å². The molecule has 134 valence electrons. The monoisotopic (exact) mass is 361 g/mol. The van der Waals surface area contributed by atoms with E-state index in [1.165, 1.54) is 5.56 Å². The molecule has 2 rings (SSSR count). The van der Waals surface area contributed by atoms with Crippen LogP contribution in [0.1, 0.15) is 11.1 Å². The molecule has 0 atom stereocenters. The van der Waals surface area contributed by atoms with Gasteiger partial charge >= 0.3 is 0 Å². The molecule has 0 unspecified atom stereocenters. The van der Waals surface area contributed by atoms with E-state index >= 15 is 0 Å². The topological polar surface area (TPSA) is 56.8 Å². The molecule has 0 aliphatic rings. The number of nitrogens with one attached hydrogen (secondary N) is 1. The lowest BCUT2D eigenvalue weighted by Gasteiger charge is -2.10. The Labute approximate surface area is 152 Å². The van der Waals surface area contributed by atoms with Crippen LogP contribution in [0.2, 0.25) is 0 Å². The quantitative estimate of drug-likeness (QED) is 0.743. The molecular weight excluding hydrogens is 338 g/mol. The highest BCUT2D eigenvalue weighted by Gasteiger charge is 2.06. The van der Waals surface area contributed by atoms with E-state index < -0.39 is 0 Å². The number of amides is 1. The van der Waals surface area contributed by atoms with E-state index in [1.54, 1.807) is 33.1 Å². The van der Waals surface area contributed by atoms with Crippen LogP contribution in [0.15, 0.2) is 42.5 Å². The Morgan fingerprint density at radius 2 is 1.60 bits per heavy atom. The first-order chi connectivity index (χ1) is 12.2. The molecule has 0 heterocycles. The van der Waals surface area contributed by atoms with Gasteiger partial charge in [0.2, 0.25) is 5.91 Å². The first-order valence-corrected chi connectivity index (χ1v) is 9.00. The number of benzene rings is 2. The first kappa shape index (κ1) is 19.0. The molecule has 2 aromatic carbocycles. The number of methoxy groups -OCH3 is 3. The summed E-state index contributed by atoms with van der Waals surface area (Å²) in [5.41, 5.74) is 2.13. The van der Waals surface area contributed by atoms with Gasteiger partial charge in [-0.3, -0.25) is 4.79 Å². The summed E-state index contributed by atoms with van der Waals surface area (Å²) in [5.74, 6) is 3.37. The predicted octanol–water partition coefficient (Wildman–Crippen LogP) is 3.26. The van der Waals surface area contributed by atoms with Crippen molar-refractivity contribution in [1.29, 1.82) is 0 Å². The summed E-state index contributed by atoms with van der Waals surface area (Å²) in [4.78, 5) is 12.0. The molecule has 0 saturated heterocycles. The summed E-state index contributed by atoms with van der Waals surface area (Å²) in [5, 5.41) is 2.92. The average Bonchev–Trinajstić information content (AvgIpc) is 2.66. The number of thioether (sulfide) groups is 1. The fourth-order valence-electron chi connectivity index (χ4n) is 2.23. The van der Waals surface area contributed by atoms with Gasteiger partial charge in [-0.25, -0.2) is 0 Å². The molecule has 2 aromatic rings. The van der Waals surface area contributed by atoms with Gasteiger partial charge in [0.05, 0.1) is 27.1 Å². The Morgan fingerprint density at radius 3 is 2.24 bits per heavy atom. The maximum Gasteiger partial charge on any atom is 0.230 e. The minimum absolute atomic E-state index is 0.00768. The van der Waals surface area contributed by atoms with Crippen LogP contribution in [0, 0.1) is 0 Å². The van der Waals surface area contributed by atoms with Gasteiger partial charge in [-0.15, -0.1) is 11.8 Å². The molecule has 0 aliphatic carbocycles. The molecule has 6 heteroatoms. The Hall–Kier alpha value is -2.34. The average molecular weight is 361 g/mol. The lowest BCUT2D eigenvalue weighted by molar-refractivity contribution is -0.118. The molecule has 0 aliphatic heterocycles. The smallest absolute Gasteiger partial charge is 0.230 e. The van der Waals surface area contributed by atoms with Crippen LogP contribution in [-0.2, 0) is 17.1 Å². The molecule has 0 spiro atoms. The molecule has 0 saturated carbocycles. The Morgan fingerprint density at radius 1 is 0.920 bits per heavy atom. The van der Waals surface area contributed by atoms with E-state index in [2.05, 4.69) is 5.32 Å². The van der Waals surface area contributed by atoms with Crippen molar-refractivity contribution in [2.24, 2.45) is 0 Å². The lowest BCUT2D eigenvalue weighted by atomic mass is 10.2. The molecular formula is C19H23NO4S. The van der Waals surface area contributed by atoms with Gasteiger partial charge in [0.25, 0.3) is 0 Å². The van der Waals surface area contributed by atoms with E-state index in [4.69, 9.17) is 14.2 Å². The maximum absolute atomic E-state index is 12.0. The Bertz CT molecular complexity index is 688. The van der Waals surface area contributed by atoms with Crippen LogP contribution in [0.4, 0.5) is 0 Å². The normalized spacial score (nSPS) is 10.2. The highest BCUT2D eigenvalue weighted by atomic mass is 32.2. The van der Waals surface area contributed by atoms with Crippen LogP contribution in [0.5, 0.6) is 17.2 Å². The minimum atomic E-state index is 0.00768. The summed E-state index contributed by atoms with van der Waals surface area (Å²) in [6.45, 7) is 0.461. The van der Waals surface area contributed by atoms with Gasteiger partial charge in [0.1, 0.15) is 5.75 Å². The predicted molar refractivity (Wildman–Crippen MR) is 101 cm³/mol. The molecule has 1 N–H and O–H groups in total. The zero-order chi connectivity index (χ0) is 18.1. The lowest BCUT2D eigenvalue weighted by Crippen LogP contribution is -2.24. The maximum atomic E-state index is 12.0. The van der Waals surface area contributed by atoms with Gasteiger partial charge in [0, 0.05) is 12.3 Å². The third-order valence-electron chi connectivity index (χ3n) is 3.60. The summed E-state index contributed by atoms with van der Waals surface area (Å²) in [7, 11) is 4.84. The number of hydrogen-bond acceptors (Lipinski definition) is 5. The van der Waals surface area contributed by atoms with Crippen molar-refractivity contribution in [3.05, 3.63) is 53.6 Å². The molecule has 25 heavy (non-hydrogen) atoms. The van der Waals surface area contributed by atoms with Crippen molar-refractivity contribution in [3.63, 3.8) is 0 Å². The fraction of sp³-hybridized carbons (Fsp3) is 0.316. The molecule has 0 fully saturated rings. The SMILES string of the molecule is COc1ccc(CSCC(=O)NCc2ccc(OC)c(OC)c2)cc1. The van der Waals surface area contributed by atoms with Crippen molar-refractivity contribution >= 4 is 17.7 Å². The second-order valence-electron chi connectivity index (χ2n) is 5.31. The highest BCUT2D eigenvalue weighted by molar-refractivity contribution is 7.99. The molecule has 1 amide bonds. The third-order valence-corrected chi connectivity index (χ3v) is 4.60. The second-order valence-corrected chi connectivity index (χ2v) is 6.29. The van der Waals surface area contributed by atoms with E-state index in [1.807, 2.05) is 42.5 Å². The standard InChI is InChI=1S/C19H23NO4S/c1-22-16-7-4-14(5-8-16)12-25-13-19(21)20-11-15-6-9-17(23-2)18(10-15)24-3/h4-10H,11-13H2,1-3H3,(H,20,21). The van der Waals surface area contributed by atoms with Gasteiger partial charge in [0.15, 0.2) is 11.5 Å². The number of carbonyl (C=O) groups excluding carboxylic acids is 1. The van der Waals surface area contributed by atoms with Crippen molar-refractivity contribution in [3.8, 4) is 17.2 Å². The van der Waals surface area contributed by atoms with E-state index in [0.717, 1.165) is 17.1 Å². The fourth-order valence-corrected chi connectivity index (χ4v) is 3.04. The van der Waals surface area contributed by atoms with Crippen molar-refractivity contribution < 1.29 is 19.0 Å². The van der Waals surface area contributed by atoms with Crippen molar-refractivity contribution in [1.82, 2.24) is 5.32 Å². The van der Waals surface area contributed by atoms with Gasteiger partial charge < -0.3 is 19.5 Å². The highest BCUT2D eigenvalue weighted by Crippen LogP contribution is 2.27. The van der Waals surface area contributed by atoms with Crippen LogP contribution in [0.25, 0.3) is 0 Å². The minimum Gasteiger partial charge on any atom is -0.497 e.